The van der Waals surface area contributed by atoms with Gasteiger partial charge in [-0.3, -0.25) is 4.90 Å². The lowest BCUT2D eigenvalue weighted by atomic mass is 10.2. The number of aromatic nitrogens is 4. The molecule has 0 aromatic carbocycles. The van der Waals surface area contributed by atoms with Gasteiger partial charge < -0.3 is 14.2 Å². The van der Waals surface area contributed by atoms with Crippen LogP contribution in [0, 0.1) is 0 Å². The van der Waals surface area contributed by atoms with Gasteiger partial charge in [0.25, 0.3) is 0 Å². The molecule has 0 aliphatic carbocycles. The Morgan fingerprint density at radius 2 is 2.25 bits per heavy atom. The zero-order valence-corrected chi connectivity index (χ0v) is 14.5. The molecule has 0 amide bonds. The number of nitrogens with zero attached hydrogens (tertiary/aromatic N) is 6. The van der Waals surface area contributed by atoms with E-state index in [0.717, 1.165) is 57.5 Å². The van der Waals surface area contributed by atoms with Crippen LogP contribution in [0.5, 0.6) is 0 Å². The lowest BCUT2D eigenvalue weighted by Gasteiger charge is -2.35. The van der Waals surface area contributed by atoms with Crippen LogP contribution in [0.25, 0.3) is 0 Å². The Kier molecular flexibility index (Phi) is 5.77. The summed E-state index contributed by atoms with van der Waals surface area (Å²) in [4.78, 5) is 9.12. The summed E-state index contributed by atoms with van der Waals surface area (Å²) in [6, 6.07) is 3.92. The van der Waals surface area contributed by atoms with Crippen molar-refractivity contribution >= 4 is 5.82 Å². The number of ether oxygens (including phenoxy) is 1. The number of likely N-dealkylation sites (N-methyl/N-ethyl adjacent to an activating group) is 1. The first kappa shape index (κ1) is 16.9. The van der Waals surface area contributed by atoms with Crippen molar-refractivity contribution in [2.24, 2.45) is 0 Å². The highest BCUT2D eigenvalue weighted by Gasteiger charge is 2.24. The van der Waals surface area contributed by atoms with Gasteiger partial charge in [0.2, 0.25) is 0 Å². The molecule has 1 aliphatic heterocycles. The van der Waals surface area contributed by atoms with Gasteiger partial charge in [0.05, 0.1) is 19.3 Å². The van der Waals surface area contributed by atoms with Crippen molar-refractivity contribution in [1.82, 2.24) is 24.6 Å². The third kappa shape index (κ3) is 4.10. The molecule has 2 aromatic heterocycles. The van der Waals surface area contributed by atoms with Crippen molar-refractivity contribution in [2.75, 3.05) is 37.7 Å². The summed E-state index contributed by atoms with van der Waals surface area (Å²) in [6.07, 6.45) is 5.79. The third-order valence-electron chi connectivity index (χ3n) is 4.42. The minimum atomic E-state index is 0.172. The monoisotopic (exact) mass is 330 g/mol. The number of imidazole rings is 1. The van der Waals surface area contributed by atoms with E-state index < -0.39 is 0 Å². The van der Waals surface area contributed by atoms with Crippen LogP contribution in [0.2, 0.25) is 0 Å². The molecule has 24 heavy (non-hydrogen) atoms. The van der Waals surface area contributed by atoms with E-state index >= 15 is 0 Å². The molecule has 130 valence electrons. The van der Waals surface area contributed by atoms with Crippen LogP contribution in [0.15, 0.2) is 30.7 Å². The molecule has 3 rings (SSSR count). The van der Waals surface area contributed by atoms with Crippen molar-refractivity contribution in [3.05, 3.63) is 36.5 Å². The van der Waals surface area contributed by atoms with Gasteiger partial charge >= 0.3 is 0 Å². The fourth-order valence-corrected chi connectivity index (χ4v) is 3.11. The van der Waals surface area contributed by atoms with E-state index in [9.17, 15) is 0 Å². The summed E-state index contributed by atoms with van der Waals surface area (Å²) >= 11 is 0. The first-order valence-electron chi connectivity index (χ1n) is 8.66. The first-order chi connectivity index (χ1) is 11.8. The van der Waals surface area contributed by atoms with Crippen molar-refractivity contribution in [1.29, 1.82) is 0 Å². The highest BCUT2D eigenvalue weighted by Crippen LogP contribution is 2.14. The summed E-state index contributed by atoms with van der Waals surface area (Å²) in [5.74, 6) is 2.03. The summed E-state index contributed by atoms with van der Waals surface area (Å²) < 4.78 is 8.18. The van der Waals surface area contributed by atoms with Crippen LogP contribution in [0.4, 0.5) is 5.82 Å². The van der Waals surface area contributed by atoms with Gasteiger partial charge in [0, 0.05) is 51.3 Å². The Morgan fingerprint density at radius 3 is 3.00 bits per heavy atom. The maximum atomic E-state index is 5.98. The molecule has 0 unspecified atom stereocenters. The second kappa shape index (κ2) is 8.21. The van der Waals surface area contributed by atoms with E-state index in [2.05, 4.69) is 43.4 Å². The largest absolute Gasteiger partial charge is 0.374 e. The van der Waals surface area contributed by atoms with Gasteiger partial charge in [-0.25, -0.2) is 4.98 Å². The Hall–Kier alpha value is -1.99. The second-order valence-corrected chi connectivity index (χ2v) is 5.98. The molecule has 0 N–H and O–H groups in total. The van der Waals surface area contributed by atoms with Crippen LogP contribution in [0.1, 0.15) is 19.7 Å². The van der Waals surface area contributed by atoms with Crippen LogP contribution in [0.3, 0.4) is 0 Å². The summed E-state index contributed by atoms with van der Waals surface area (Å²) in [5, 5.41) is 8.19. The molecule has 1 atom stereocenters. The molecule has 7 heteroatoms. The van der Waals surface area contributed by atoms with Crippen molar-refractivity contribution in [2.45, 2.75) is 33.0 Å². The average molecular weight is 330 g/mol. The Morgan fingerprint density at radius 1 is 1.33 bits per heavy atom. The Bertz CT molecular complexity index is 617. The summed E-state index contributed by atoms with van der Waals surface area (Å²) in [5.41, 5.74) is 0. The van der Waals surface area contributed by atoms with E-state index in [1.54, 1.807) is 6.20 Å². The van der Waals surface area contributed by atoms with Crippen LogP contribution >= 0.6 is 0 Å². The fourth-order valence-electron chi connectivity index (χ4n) is 3.11. The molecular weight excluding hydrogens is 304 g/mol. The van der Waals surface area contributed by atoms with Crippen molar-refractivity contribution < 1.29 is 4.74 Å². The van der Waals surface area contributed by atoms with E-state index in [4.69, 9.17) is 4.74 Å². The van der Waals surface area contributed by atoms with Crippen molar-refractivity contribution in [3.8, 4) is 0 Å². The molecule has 3 heterocycles. The minimum absolute atomic E-state index is 0.172. The van der Waals surface area contributed by atoms with Gasteiger partial charge in [-0.2, -0.15) is 5.10 Å². The zero-order valence-electron chi connectivity index (χ0n) is 14.5. The van der Waals surface area contributed by atoms with E-state index in [1.165, 1.54) is 0 Å². The molecular formula is C17H26N6O. The van der Waals surface area contributed by atoms with Gasteiger partial charge in [-0.05, 0) is 26.0 Å². The number of hydrogen-bond acceptors (Lipinski definition) is 6. The third-order valence-corrected chi connectivity index (χ3v) is 4.42. The minimum Gasteiger partial charge on any atom is -0.374 e. The molecule has 0 spiro atoms. The predicted molar refractivity (Wildman–Crippen MR) is 92.8 cm³/mol. The zero-order chi connectivity index (χ0) is 16.8. The summed E-state index contributed by atoms with van der Waals surface area (Å²) in [6.45, 7) is 10.4. The maximum absolute atomic E-state index is 5.98. The van der Waals surface area contributed by atoms with Gasteiger partial charge in [0.15, 0.2) is 5.82 Å². The number of morpholine rings is 1. The summed E-state index contributed by atoms with van der Waals surface area (Å²) in [7, 11) is 0. The molecule has 1 saturated heterocycles. The Balaban J connectivity index is 1.59. The Labute approximate surface area is 143 Å². The lowest BCUT2D eigenvalue weighted by Crippen LogP contribution is -2.47. The predicted octanol–water partition coefficient (Wildman–Crippen LogP) is 1.42. The van der Waals surface area contributed by atoms with Gasteiger partial charge in [-0.15, -0.1) is 5.10 Å². The molecule has 2 aromatic rings. The number of rotatable bonds is 7. The topological polar surface area (TPSA) is 59.3 Å². The number of anilines is 1. The number of aryl methyl sites for hydroxylation is 1. The SMILES string of the molecule is CCN(C[C@@H]1CN(Cc2nccn2CC)CCO1)c1cccnn1. The molecule has 0 saturated carbocycles. The van der Waals surface area contributed by atoms with Crippen LogP contribution < -0.4 is 4.90 Å². The van der Waals surface area contributed by atoms with Crippen molar-refractivity contribution in [3.63, 3.8) is 0 Å². The highest BCUT2D eigenvalue weighted by molar-refractivity contribution is 5.36. The normalized spacial score (nSPS) is 18.7. The van der Waals surface area contributed by atoms with E-state index in [-0.39, 0.29) is 6.10 Å². The molecule has 0 bridgehead atoms. The van der Waals surface area contributed by atoms with E-state index in [1.807, 2.05) is 24.5 Å². The maximum Gasteiger partial charge on any atom is 0.151 e. The average Bonchev–Trinajstić information content (AvgIpc) is 3.08. The molecule has 1 fully saturated rings. The standard InChI is InChI=1S/C17H26N6O/c1-3-22-9-8-18-17(22)14-21-10-11-24-15(12-21)13-23(4-2)16-6-5-7-19-20-16/h5-9,15H,3-4,10-14H2,1-2H3/t15-/m0/s1. The van der Waals surface area contributed by atoms with Crippen LogP contribution in [-0.2, 0) is 17.8 Å². The molecule has 1 aliphatic rings. The van der Waals surface area contributed by atoms with Crippen LogP contribution in [-0.4, -0.2) is 63.5 Å². The lowest BCUT2D eigenvalue weighted by molar-refractivity contribution is -0.0278. The smallest absolute Gasteiger partial charge is 0.151 e. The number of hydrogen-bond donors (Lipinski definition) is 0. The molecule has 0 radical (unpaired) electrons. The fraction of sp³-hybridized carbons (Fsp3) is 0.588. The van der Waals surface area contributed by atoms with E-state index in [0.29, 0.717) is 0 Å². The quantitative estimate of drug-likeness (QED) is 0.765. The highest BCUT2D eigenvalue weighted by atomic mass is 16.5. The first-order valence-corrected chi connectivity index (χ1v) is 8.66. The molecule has 7 nitrogen and oxygen atoms in total. The second-order valence-electron chi connectivity index (χ2n) is 5.98. The van der Waals surface area contributed by atoms with Gasteiger partial charge in [-0.1, -0.05) is 0 Å². The van der Waals surface area contributed by atoms with Gasteiger partial charge in [0.1, 0.15) is 5.82 Å².